The molecular formula is C10H9N3O4. The number of fused-ring (bicyclic) bond motifs is 1. The van der Waals surface area contributed by atoms with Gasteiger partial charge in [0.2, 0.25) is 0 Å². The fraction of sp³-hybridized carbons (Fsp3) is 0.300. The van der Waals surface area contributed by atoms with Crippen molar-refractivity contribution in [3.63, 3.8) is 0 Å². The molecule has 7 heteroatoms. The lowest BCUT2D eigenvalue weighted by Gasteiger charge is -2.18. The number of amides is 3. The normalized spacial score (nSPS) is 18.5. The largest absolute Gasteiger partial charge is 0.462 e. The Hall–Kier alpha value is -2.31. The van der Waals surface area contributed by atoms with Crippen LogP contribution < -0.4 is 0 Å². The van der Waals surface area contributed by atoms with Gasteiger partial charge in [0.15, 0.2) is 5.71 Å². The second-order valence-electron chi connectivity index (χ2n) is 3.35. The molecule has 88 valence electrons. The Labute approximate surface area is 96.5 Å². The minimum Gasteiger partial charge on any atom is -0.462 e. The molecule has 2 aliphatic rings. The number of carbonyl (C=O) groups is 3. The number of aliphatic imine (C=N–C) groups is 2. The van der Waals surface area contributed by atoms with E-state index in [4.69, 9.17) is 4.74 Å². The van der Waals surface area contributed by atoms with Crippen LogP contribution in [0, 0.1) is 0 Å². The lowest BCUT2D eigenvalue weighted by atomic mass is 10.1. The number of urea groups is 1. The molecule has 0 saturated carbocycles. The molecule has 0 aliphatic carbocycles. The zero-order chi connectivity index (χ0) is 12.6. The van der Waals surface area contributed by atoms with Crippen molar-refractivity contribution >= 4 is 29.3 Å². The predicted molar refractivity (Wildman–Crippen MR) is 57.8 cm³/mol. The van der Waals surface area contributed by atoms with Gasteiger partial charge in [-0.25, -0.2) is 14.6 Å². The van der Waals surface area contributed by atoms with Gasteiger partial charge < -0.3 is 4.74 Å². The maximum Gasteiger partial charge on any atom is 0.350 e. The summed E-state index contributed by atoms with van der Waals surface area (Å²) in [4.78, 5) is 42.8. The molecule has 17 heavy (non-hydrogen) atoms. The monoisotopic (exact) mass is 235 g/mol. The summed E-state index contributed by atoms with van der Waals surface area (Å²) in [7, 11) is 1.30. The van der Waals surface area contributed by atoms with Gasteiger partial charge in [0.05, 0.1) is 6.61 Å². The summed E-state index contributed by atoms with van der Waals surface area (Å²) >= 11 is 0. The van der Waals surface area contributed by atoms with Crippen LogP contribution in [-0.4, -0.2) is 47.9 Å². The van der Waals surface area contributed by atoms with Crippen LogP contribution in [0.25, 0.3) is 0 Å². The van der Waals surface area contributed by atoms with Crippen LogP contribution in [-0.2, 0) is 14.3 Å². The van der Waals surface area contributed by atoms with Gasteiger partial charge in [-0.3, -0.25) is 9.69 Å². The molecule has 2 rings (SSSR count). The third-order valence-electron chi connectivity index (χ3n) is 2.30. The highest BCUT2D eigenvalue weighted by atomic mass is 16.5. The highest BCUT2D eigenvalue weighted by Gasteiger charge is 2.38. The van der Waals surface area contributed by atoms with E-state index in [1.54, 1.807) is 6.92 Å². The molecule has 0 atom stereocenters. The first kappa shape index (κ1) is 11.2. The van der Waals surface area contributed by atoms with Crippen molar-refractivity contribution < 1.29 is 19.1 Å². The number of ether oxygens (including phenoxy) is 1. The Morgan fingerprint density at radius 1 is 1.41 bits per heavy atom. The summed E-state index contributed by atoms with van der Waals surface area (Å²) in [5.74, 6) is -1.22. The van der Waals surface area contributed by atoms with Crippen LogP contribution >= 0.6 is 0 Å². The Morgan fingerprint density at radius 2 is 2.12 bits per heavy atom. The Bertz CT molecular complexity index is 516. The third-order valence-corrected chi connectivity index (χ3v) is 2.30. The molecule has 0 aromatic carbocycles. The first-order valence-corrected chi connectivity index (χ1v) is 4.92. The quantitative estimate of drug-likeness (QED) is 0.626. The molecule has 0 fully saturated rings. The number of hydrogen-bond donors (Lipinski definition) is 0. The minimum atomic E-state index is -0.721. The van der Waals surface area contributed by atoms with E-state index in [1.165, 1.54) is 13.2 Å². The zero-order valence-corrected chi connectivity index (χ0v) is 9.26. The van der Waals surface area contributed by atoms with Crippen molar-refractivity contribution in [2.75, 3.05) is 13.7 Å². The molecule has 2 heterocycles. The van der Waals surface area contributed by atoms with E-state index in [1.807, 2.05) is 0 Å². The van der Waals surface area contributed by atoms with E-state index in [-0.39, 0.29) is 23.6 Å². The standard InChI is InChI=1S/C10H9N3O4/c1-3-17-9(15)5-4-11-7-6(5)12-10(16)13(2)8(7)14/h4H,3H2,1-2H3. The van der Waals surface area contributed by atoms with Crippen LogP contribution in [0.5, 0.6) is 0 Å². The molecule has 7 nitrogen and oxygen atoms in total. The molecule has 0 bridgehead atoms. The second kappa shape index (κ2) is 3.93. The summed E-state index contributed by atoms with van der Waals surface area (Å²) in [5.41, 5.74) is 0.0309. The highest BCUT2D eigenvalue weighted by Crippen LogP contribution is 2.17. The Morgan fingerprint density at radius 3 is 2.76 bits per heavy atom. The molecule has 3 amide bonds. The van der Waals surface area contributed by atoms with Crippen molar-refractivity contribution in [2.24, 2.45) is 9.98 Å². The number of imide groups is 1. The molecule has 0 N–H and O–H groups in total. The molecule has 0 radical (unpaired) electrons. The van der Waals surface area contributed by atoms with E-state index in [9.17, 15) is 14.4 Å². The first-order valence-electron chi connectivity index (χ1n) is 4.92. The number of esters is 1. The van der Waals surface area contributed by atoms with Crippen molar-refractivity contribution in [1.29, 1.82) is 0 Å². The van der Waals surface area contributed by atoms with E-state index in [2.05, 4.69) is 9.98 Å². The first-order chi connectivity index (χ1) is 8.06. The molecule has 0 saturated heterocycles. The van der Waals surface area contributed by atoms with Crippen molar-refractivity contribution in [3.8, 4) is 0 Å². The van der Waals surface area contributed by atoms with Crippen molar-refractivity contribution in [3.05, 3.63) is 11.8 Å². The Balaban J connectivity index is 2.36. The molecule has 0 aromatic heterocycles. The van der Waals surface area contributed by atoms with Crippen LogP contribution in [0.4, 0.5) is 4.79 Å². The Kier molecular flexibility index (Phi) is 2.58. The van der Waals surface area contributed by atoms with Gasteiger partial charge in [-0.1, -0.05) is 0 Å². The maximum atomic E-state index is 11.7. The molecule has 0 aromatic rings. The van der Waals surface area contributed by atoms with Gasteiger partial charge in [0.25, 0.3) is 5.91 Å². The minimum absolute atomic E-state index is 0.00319. The topological polar surface area (TPSA) is 88.4 Å². The summed E-state index contributed by atoms with van der Waals surface area (Å²) in [6.07, 6.45) is 1.19. The number of rotatable bonds is 2. The van der Waals surface area contributed by atoms with Gasteiger partial charge >= 0.3 is 12.0 Å². The third kappa shape index (κ3) is 1.65. The lowest BCUT2D eigenvalue weighted by molar-refractivity contribution is -0.137. The van der Waals surface area contributed by atoms with Crippen LogP contribution in [0.1, 0.15) is 6.92 Å². The van der Waals surface area contributed by atoms with E-state index in [0.717, 1.165) is 4.90 Å². The smallest absolute Gasteiger partial charge is 0.350 e. The average Bonchev–Trinajstić information content (AvgIpc) is 2.70. The second-order valence-corrected chi connectivity index (χ2v) is 3.35. The molecule has 0 spiro atoms. The fourth-order valence-corrected chi connectivity index (χ4v) is 1.42. The number of carbonyl (C=O) groups excluding carboxylic acids is 3. The molecule has 0 unspecified atom stereocenters. The lowest BCUT2D eigenvalue weighted by Crippen LogP contribution is -2.44. The summed E-state index contributed by atoms with van der Waals surface area (Å²) in [6, 6.07) is -0.721. The van der Waals surface area contributed by atoms with E-state index < -0.39 is 17.9 Å². The van der Waals surface area contributed by atoms with Gasteiger partial charge in [-0.2, -0.15) is 4.99 Å². The summed E-state index contributed by atoms with van der Waals surface area (Å²) in [6.45, 7) is 1.85. The fourth-order valence-electron chi connectivity index (χ4n) is 1.42. The van der Waals surface area contributed by atoms with Gasteiger partial charge in [0, 0.05) is 13.2 Å². The van der Waals surface area contributed by atoms with Crippen molar-refractivity contribution in [1.82, 2.24) is 4.90 Å². The highest BCUT2D eigenvalue weighted by molar-refractivity contribution is 6.75. The SMILES string of the molecule is CCOC(=O)C1=CN=C2C(=O)N(C)C(=O)N=C12. The summed E-state index contributed by atoms with van der Waals surface area (Å²) in [5, 5.41) is 0. The van der Waals surface area contributed by atoms with Gasteiger partial charge in [-0.15, -0.1) is 0 Å². The maximum absolute atomic E-state index is 11.7. The van der Waals surface area contributed by atoms with Crippen LogP contribution in [0.2, 0.25) is 0 Å². The van der Waals surface area contributed by atoms with E-state index in [0.29, 0.717) is 0 Å². The molecule has 2 aliphatic heterocycles. The van der Waals surface area contributed by atoms with Gasteiger partial charge in [0.1, 0.15) is 11.3 Å². The zero-order valence-electron chi connectivity index (χ0n) is 9.26. The van der Waals surface area contributed by atoms with E-state index >= 15 is 0 Å². The number of nitrogens with zero attached hydrogens (tertiary/aromatic N) is 3. The molecular weight excluding hydrogens is 226 g/mol. The summed E-state index contributed by atoms with van der Waals surface area (Å²) < 4.78 is 4.77. The average molecular weight is 235 g/mol. The van der Waals surface area contributed by atoms with Crippen LogP contribution in [0.3, 0.4) is 0 Å². The van der Waals surface area contributed by atoms with Crippen LogP contribution in [0.15, 0.2) is 21.8 Å². The predicted octanol–water partition coefficient (Wildman–Crippen LogP) is -0.0790. The van der Waals surface area contributed by atoms with Crippen molar-refractivity contribution in [2.45, 2.75) is 6.92 Å². The number of hydrogen-bond acceptors (Lipinski definition) is 5. The van der Waals surface area contributed by atoms with Gasteiger partial charge in [-0.05, 0) is 6.92 Å².